The van der Waals surface area contributed by atoms with E-state index in [1.165, 1.54) is 16.8 Å². The Morgan fingerprint density at radius 1 is 0.917 bits per heavy atom. The number of hydrogen-bond acceptors (Lipinski definition) is 6. The average molecular weight is 507 g/mol. The fraction of sp³-hybridized carbons (Fsp3) is 0.276. The lowest BCUT2D eigenvalue weighted by molar-refractivity contribution is 0.0809. The highest BCUT2D eigenvalue weighted by atomic mass is 35.5. The second kappa shape index (κ2) is 11.5. The van der Waals surface area contributed by atoms with Gasteiger partial charge in [-0.1, -0.05) is 30.3 Å². The normalized spacial score (nSPS) is 14.6. The number of amidine groups is 1. The molecule has 1 atom stereocenters. The highest BCUT2D eigenvalue weighted by molar-refractivity contribution is 6.12. The van der Waals surface area contributed by atoms with Crippen LogP contribution in [0.5, 0.6) is 17.2 Å². The van der Waals surface area contributed by atoms with Crippen LogP contribution in [-0.2, 0) is 4.74 Å². The maximum absolute atomic E-state index is 6.05. The van der Waals surface area contributed by atoms with Gasteiger partial charge in [-0.15, -0.1) is 12.4 Å². The largest absolute Gasteiger partial charge is 0.493 e. The Morgan fingerprint density at radius 3 is 2.44 bits per heavy atom. The van der Waals surface area contributed by atoms with Gasteiger partial charge in [0.1, 0.15) is 11.6 Å². The molecule has 188 valence electrons. The number of nitrogens with zero attached hydrogens (tertiary/aromatic N) is 2. The summed E-state index contributed by atoms with van der Waals surface area (Å²) in [6, 6.07) is 22.6. The molecule has 0 amide bonds. The van der Waals surface area contributed by atoms with Crippen molar-refractivity contribution in [2.45, 2.75) is 12.5 Å². The van der Waals surface area contributed by atoms with Gasteiger partial charge in [0, 0.05) is 25.6 Å². The molecule has 2 aliphatic rings. The van der Waals surface area contributed by atoms with E-state index in [0.29, 0.717) is 24.5 Å². The van der Waals surface area contributed by atoms with Gasteiger partial charge in [0.15, 0.2) is 11.5 Å². The lowest BCUT2D eigenvalue weighted by Gasteiger charge is -2.29. The third-order valence-corrected chi connectivity index (χ3v) is 6.49. The summed E-state index contributed by atoms with van der Waals surface area (Å²) in [5.74, 6) is 3.29. The van der Waals surface area contributed by atoms with Crippen molar-refractivity contribution < 1.29 is 18.9 Å². The Bertz CT molecular complexity index is 1260. The summed E-state index contributed by atoms with van der Waals surface area (Å²) >= 11 is 0. The number of halogens is 1. The minimum Gasteiger partial charge on any atom is -0.493 e. The number of benzene rings is 3. The number of methoxy groups -OCH3 is 3. The topological polar surface area (TPSA) is 52.5 Å². The van der Waals surface area contributed by atoms with Crippen LogP contribution >= 0.6 is 12.4 Å². The van der Waals surface area contributed by atoms with Crippen molar-refractivity contribution in [3.8, 4) is 17.2 Å². The lowest BCUT2D eigenvalue weighted by atomic mass is 9.97. The zero-order valence-electron chi connectivity index (χ0n) is 20.8. The van der Waals surface area contributed by atoms with Crippen LogP contribution in [0.1, 0.15) is 34.8 Å². The van der Waals surface area contributed by atoms with E-state index in [2.05, 4.69) is 47.4 Å². The first-order valence-corrected chi connectivity index (χ1v) is 11.8. The van der Waals surface area contributed by atoms with Crippen molar-refractivity contribution >= 4 is 30.0 Å². The predicted octanol–water partition coefficient (Wildman–Crippen LogP) is 5.86. The first-order chi connectivity index (χ1) is 17.2. The van der Waals surface area contributed by atoms with E-state index in [1.54, 1.807) is 21.3 Å². The number of fused-ring (bicyclic) bond motifs is 3. The second-order valence-electron chi connectivity index (χ2n) is 8.47. The van der Waals surface area contributed by atoms with Crippen LogP contribution in [0.3, 0.4) is 0 Å². The summed E-state index contributed by atoms with van der Waals surface area (Å²) in [7, 11) is 4.98. The quantitative estimate of drug-likeness (QED) is 0.364. The monoisotopic (exact) mass is 506 g/mol. The first kappa shape index (κ1) is 25.6. The minimum absolute atomic E-state index is 0. The zero-order chi connectivity index (χ0) is 24.2. The van der Waals surface area contributed by atoms with Crippen LogP contribution < -0.4 is 14.2 Å². The molecule has 2 aliphatic heterocycles. The molecule has 3 aromatic carbocycles. The van der Waals surface area contributed by atoms with Crippen molar-refractivity contribution in [1.82, 2.24) is 4.90 Å². The zero-order valence-corrected chi connectivity index (χ0v) is 21.6. The highest BCUT2D eigenvalue weighted by Gasteiger charge is 2.28. The predicted molar refractivity (Wildman–Crippen MR) is 146 cm³/mol. The fourth-order valence-electron chi connectivity index (χ4n) is 4.68. The fourth-order valence-corrected chi connectivity index (χ4v) is 4.68. The Hall–Kier alpha value is -3.48. The van der Waals surface area contributed by atoms with Gasteiger partial charge < -0.3 is 23.8 Å². The number of hydrogen-bond donors (Lipinski definition) is 0. The van der Waals surface area contributed by atoms with E-state index in [4.69, 9.17) is 23.9 Å². The number of ether oxygens (including phenoxy) is 4. The van der Waals surface area contributed by atoms with Crippen LogP contribution in [-0.4, -0.2) is 51.8 Å². The number of aliphatic imine (C=N–C) groups is 1. The minimum atomic E-state index is -0.102. The van der Waals surface area contributed by atoms with E-state index in [0.717, 1.165) is 35.8 Å². The summed E-state index contributed by atoms with van der Waals surface area (Å²) in [4.78, 5) is 7.06. The van der Waals surface area contributed by atoms with Crippen LogP contribution in [0.2, 0.25) is 0 Å². The van der Waals surface area contributed by atoms with Crippen molar-refractivity contribution in [2.75, 3.05) is 41.0 Å². The highest BCUT2D eigenvalue weighted by Crippen LogP contribution is 2.34. The van der Waals surface area contributed by atoms with Gasteiger partial charge in [-0.05, 0) is 59.2 Å². The molecule has 0 fully saturated rings. The van der Waals surface area contributed by atoms with Crippen molar-refractivity contribution in [1.29, 1.82) is 0 Å². The maximum Gasteiger partial charge on any atom is 0.161 e. The van der Waals surface area contributed by atoms with Crippen LogP contribution in [0.15, 0.2) is 71.7 Å². The molecule has 6 nitrogen and oxygen atoms in total. The maximum atomic E-state index is 6.05. The number of rotatable bonds is 9. The molecule has 0 saturated carbocycles. The smallest absolute Gasteiger partial charge is 0.161 e. The van der Waals surface area contributed by atoms with Crippen molar-refractivity contribution in [3.05, 3.63) is 89.0 Å². The molecular weight excluding hydrogens is 476 g/mol. The molecule has 7 heteroatoms. The van der Waals surface area contributed by atoms with E-state index in [9.17, 15) is 0 Å². The van der Waals surface area contributed by atoms with E-state index < -0.39 is 0 Å². The SMILES string of the molecule is COc1ccc(C(CCOc2ccc(C3=Cc4ccccc4C4=NCCN34)cc2)OC)cc1OC.Cl. The third-order valence-electron chi connectivity index (χ3n) is 6.49. The molecule has 1 unspecified atom stereocenters. The Kier molecular flexibility index (Phi) is 8.18. The molecule has 2 heterocycles. The standard InChI is InChI=1S/C29H30N2O4.ClH/c1-32-26(22-10-13-27(33-2)28(19-22)34-3)14-17-35-23-11-8-20(9-12-23)25-18-21-6-4-5-7-24(21)29-30-15-16-31(25)29;/h4-13,18-19,26H,14-17H2,1-3H3;1H. The molecular formula is C29H31ClN2O4. The molecule has 0 spiro atoms. The molecule has 0 aromatic heterocycles. The summed E-state index contributed by atoms with van der Waals surface area (Å²) < 4.78 is 22.5. The van der Waals surface area contributed by atoms with Crippen molar-refractivity contribution in [3.63, 3.8) is 0 Å². The molecule has 0 saturated heterocycles. The molecule has 0 aliphatic carbocycles. The van der Waals surface area contributed by atoms with Gasteiger partial charge in [0.25, 0.3) is 0 Å². The summed E-state index contributed by atoms with van der Waals surface area (Å²) in [5.41, 5.74) is 5.77. The van der Waals surface area contributed by atoms with Crippen LogP contribution in [0, 0.1) is 0 Å². The van der Waals surface area contributed by atoms with Gasteiger partial charge in [-0.25, -0.2) is 0 Å². The van der Waals surface area contributed by atoms with E-state index in [1.807, 2.05) is 30.3 Å². The second-order valence-corrected chi connectivity index (χ2v) is 8.47. The van der Waals surface area contributed by atoms with Crippen LogP contribution in [0.25, 0.3) is 11.8 Å². The molecule has 36 heavy (non-hydrogen) atoms. The van der Waals surface area contributed by atoms with E-state index >= 15 is 0 Å². The Morgan fingerprint density at radius 2 is 1.69 bits per heavy atom. The molecule has 0 N–H and O–H groups in total. The van der Waals surface area contributed by atoms with Gasteiger partial charge >= 0.3 is 0 Å². The Labute approximate surface area is 218 Å². The first-order valence-electron chi connectivity index (χ1n) is 11.8. The van der Waals surface area contributed by atoms with Gasteiger partial charge in [0.05, 0.1) is 39.2 Å². The van der Waals surface area contributed by atoms with Crippen LogP contribution in [0.4, 0.5) is 0 Å². The Balaban J connectivity index is 0.00000304. The molecule has 0 bridgehead atoms. The summed E-state index contributed by atoms with van der Waals surface area (Å²) in [6.07, 6.45) is 2.86. The molecule has 0 radical (unpaired) electrons. The summed E-state index contributed by atoms with van der Waals surface area (Å²) in [5, 5.41) is 0. The third kappa shape index (κ3) is 5.06. The average Bonchev–Trinajstić information content (AvgIpc) is 3.41. The molecule has 3 aromatic rings. The van der Waals surface area contributed by atoms with E-state index in [-0.39, 0.29) is 18.5 Å². The van der Waals surface area contributed by atoms with Gasteiger partial charge in [-0.2, -0.15) is 0 Å². The van der Waals surface area contributed by atoms with Crippen molar-refractivity contribution in [2.24, 2.45) is 4.99 Å². The summed E-state index contributed by atoms with van der Waals surface area (Å²) in [6.45, 7) is 2.26. The van der Waals surface area contributed by atoms with Gasteiger partial charge in [-0.3, -0.25) is 4.99 Å². The molecule has 5 rings (SSSR count). The lowest BCUT2D eigenvalue weighted by Crippen LogP contribution is -2.30. The van der Waals surface area contributed by atoms with Gasteiger partial charge in [0.2, 0.25) is 0 Å².